The highest BCUT2D eigenvalue weighted by atomic mass is 19.1. The molecule has 0 radical (unpaired) electrons. The third kappa shape index (κ3) is 5.86. The van der Waals surface area contributed by atoms with Crippen molar-refractivity contribution >= 4 is 22.8 Å². The number of nitrogens with one attached hydrogen (secondary N) is 2. The van der Waals surface area contributed by atoms with Gasteiger partial charge in [-0.1, -0.05) is 42.0 Å². The lowest BCUT2D eigenvalue weighted by atomic mass is 10.1. The minimum absolute atomic E-state index is 0.0997. The summed E-state index contributed by atoms with van der Waals surface area (Å²) in [7, 11) is 0. The number of imidazole rings is 1. The lowest BCUT2D eigenvalue weighted by Gasteiger charge is -2.11. The lowest BCUT2D eigenvalue weighted by Crippen LogP contribution is -2.28. The summed E-state index contributed by atoms with van der Waals surface area (Å²) in [6, 6.07) is 21.2. The molecule has 6 nitrogen and oxygen atoms in total. The molecule has 0 bridgehead atoms. The van der Waals surface area contributed by atoms with E-state index >= 15 is 0 Å². The number of carbonyl (C=O) groups excluding carboxylic acids is 2. The summed E-state index contributed by atoms with van der Waals surface area (Å²) in [5.74, 6) is 0.237. The van der Waals surface area contributed by atoms with Gasteiger partial charge in [-0.15, -0.1) is 0 Å². The van der Waals surface area contributed by atoms with Crippen molar-refractivity contribution in [3.63, 3.8) is 0 Å². The monoisotopic (exact) mass is 458 g/mol. The molecule has 3 aromatic carbocycles. The van der Waals surface area contributed by atoms with Crippen LogP contribution in [0.1, 0.15) is 33.7 Å². The molecule has 1 heterocycles. The van der Waals surface area contributed by atoms with E-state index in [1.807, 2.05) is 54.0 Å². The highest BCUT2D eigenvalue weighted by Crippen LogP contribution is 2.17. The number of halogens is 1. The van der Waals surface area contributed by atoms with Gasteiger partial charge in [0.1, 0.15) is 18.2 Å². The largest absolute Gasteiger partial charge is 0.352 e. The molecule has 34 heavy (non-hydrogen) atoms. The lowest BCUT2D eigenvalue weighted by molar-refractivity contribution is -0.121. The first-order valence-corrected chi connectivity index (χ1v) is 11.3. The molecule has 2 N–H and O–H groups in total. The van der Waals surface area contributed by atoms with Crippen molar-refractivity contribution in [2.75, 3.05) is 6.54 Å². The number of hydrogen-bond donors (Lipinski definition) is 2. The van der Waals surface area contributed by atoms with E-state index in [2.05, 4.69) is 10.6 Å². The smallest absolute Gasteiger partial charge is 0.251 e. The van der Waals surface area contributed by atoms with E-state index in [0.717, 1.165) is 28.0 Å². The van der Waals surface area contributed by atoms with Gasteiger partial charge >= 0.3 is 0 Å². The van der Waals surface area contributed by atoms with E-state index in [1.165, 1.54) is 12.1 Å². The number of para-hydroxylation sites is 2. The Bertz CT molecular complexity index is 1300. The van der Waals surface area contributed by atoms with Crippen molar-refractivity contribution in [1.29, 1.82) is 0 Å². The van der Waals surface area contributed by atoms with Crippen molar-refractivity contribution in [3.05, 3.63) is 101 Å². The molecule has 0 atom stereocenters. The Kier molecular flexibility index (Phi) is 7.32. The topological polar surface area (TPSA) is 76.0 Å². The molecule has 4 rings (SSSR count). The third-order valence-corrected chi connectivity index (χ3v) is 5.58. The summed E-state index contributed by atoms with van der Waals surface area (Å²) in [6.07, 6.45) is 1.31. The minimum atomic E-state index is -0.306. The minimum Gasteiger partial charge on any atom is -0.352 e. The summed E-state index contributed by atoms with van der Waals surface area (Å²) < 4.78 is 15.0. The third-order valence-electron chi connectivity index (χ3n) is 5.58. The Morgan fingerprint density at radius 3 is 2.56 bits per heavy atom. The van der Waals surface area contributed by atoms with E-state index in [0.29, 0.717) is 31.5 Å². The zero-order valence-electron chi connectivity index (χ0n) is 19.1. The summed E-state index contributed by atoms with van der Waals surface area (Å²) in [5.41, 5.74) is 4.23. The predicted octanol–water partition coefficient (Wildman–Crippen LogP) is 4.16. The molecule has 0 aliphatic rings. The van der Waals surface area contributed by atoms with Gasteiger partial charge in [-0.25, -0.2) is 9.37 Å². The zero-order valence-corrected chi connectivity index (χ0v) is 19.1. The van der Waals surface area contributed by atoms with Crippen molar-refractivity contribution in [2.24, 2.45) is 0 Å². The Balaban J connectivity index is 1.37. The van der Waals surface area contributed by atoms with Crippen LogP contribution >= 0.6 is 0 Å². The Labute approximate surface area is 197 Å². The molecule has 2 amide bonds. The molecule has 7 heteroatoms. The number of benzene rings is 3. The van der Waals surface area contributed by atoms with E-state index < -0.39 is 0 Å². The van der Waals surface area contributed by atoms with Crippen LogP contribution in [-0.4, -0.2) is 27.9 Å². The summed E-state index contributed by atoms with van der Waals surface area (Å²) in [4.78, 5) is 29.7. The number of hydrogen-bond acceptors (Lipinski definition) is 3. The second-order valence-corrected chi connectivity index (χ2v) is 8.24. The number of fused-ring (bicyclic) bond motifs is 1. The van der Waals surface area contributed by atoms with Crippen LogP contribution in [0.15, 0.2) is 72.8 Å². The summed E-state index contributed by atoms with van der Waals surface area (Å²) in [6.45, 7) is 2.92. The second kappa shape index (κ2) is 10.7. The maximum atomic E-state index is 13.1. The van der Waals surface area contributed by atoms with Crippen LogP contribution in [0.3, 0.4) is 0 Å². The van der Waals surface area contributed by atoms with Crippen LogP contribution in [0.5, 0.6) is 0 Å². The zero-order chi connectivity index (χ0) is 23.9. The first-order valence-electron chi connectivity index (χ1n) is 11.3. The highest BCUT2D eigenvalue weighted by molar-refractivity contribution is 5.94. The number of rotatable bonds is 9. The van der Waals surface area contributed by atoms with Gasteiger partial charge in [0, 0.05) is 25.1 Å². The van der Waals surface area contributed by atoms with Gasteiger partial charge < -0.3 is 15.2 Å². The van der Waals surface area contributed by atoms with Gasteiger partial charge in [0.15, 0.2) is 0 Å². The van der Waals surface area contributed by atoms with Crippen molar-refractivity contribution in [2.45, 2.75) is 32.9 Å². The van der Waals surface area contributed by atoms with Crippen molar-refractivity contribution in [3.8, 4) is 0 Å². The molecule has 0 aliphatic heterocycles. The molecule has 0 unspecified atom stereocenters. The molecule has 174 valence electrons. The molecule has 0 fully saturated rings. The average molecular weight is 459 g/mol. The van der Waals surface area contributed by atoms with Crippen LogP contribution in [0.4, 0.5) is 4.39 Å². The maximum Gasteiger partial charge on any atom is 0.251 e. The van der Waals surface area contributed by atoms with E-state index in [-0.39, 0.29) is 24.2 Å². The first-order chi connectivity index (χ1) is 16.5. The number of carbonyl (C=O) groups is 2. The Morgan fingerprint density at radius 2 is 1.76 bits per heavy atom. The van der Waals surface area contributed by atoms with Crippen LogP contribution in [0, 0.1) is 12.7 Å². The molecule has 0 saturated carbocycles. The molecule has 0 saturated heterocycles. The number of aromatic nitrogens is 2. The standard InChI is InChI=1S/C27H27FN4O2/c1-19-6-4-7-21(16-19)27(34)29-15-5-10-25-31-23-8-2-3-9-24(23)32(25)18-26(33)30-17-20-11-13-22(28)14-12-20/h2-4,6-9,11-14,16H,5,10,15,17-18H2,1H3,(H,29,34)(H,30,33). The summed E-state index contributed by atoms with van der Waals surface area (Å²) in [5, 5.41) is 5.84. The van der Waals surface area contributed by atoms with E-state index in [9.17, 15) is 14.0 Å². The quantitative estimate of drug-likeness (QED) is 0.370. The molecular formula is C27H27FN4O2. The van der Waals surface area contributed by atoms with Gasteiger partial charge in [0.2, 0.25) is 5.91 Å². The fourth-order valence-corrected chi connectivity index (χ4v) is 3.83. The highest BCUT2D eigenvalue weighted by Gasteiger charge is 2.14. The fourth-order valence-electron chi connectivity index (χ4n) is 3.83. The number of nitrogens with zero attached hydrogens (tertiary/aromatic N) is 2. The molecule has 4 aromatic rings. The van der Waals surface area contributed by atoms with Crippen LogP contribution in [-0.2, 0) is 24.3 Å². The van der Waals surface area contributed by atoms with Gasteiger partial charge in [-0.2, -0.15) is 0 Å². The van der Waals surface area contributed by atoms with Gasteiger partial charge in [0.05, 0.1) is 11.0 Å². The second-order valence-electron chi connectivity index (χ2n) is 8.24. The average Bonchev–Trinajstić information content (AvgIpc) is 3.18. The van der Waals surface area contributed by atoms with Gasteiger partial charge in [-0.05, 0) is 55.3 Å². The maximum absolute atomic E-state index is 13.1. The van der Waals surface area contributed by atoms with Crippen molar-refractivity contribution in [1.82, 2.24) is 20.2 Å². The summed E-state index contributed by atoms with van der Waals surface area (Å²) >= 11 is 0. The van der Waals surface area contributed by atoms with E-state index in [4.69, 9.17) is 4.98 Å². The first kappa shape index (κ1) is 23.2. The predicted molar refractivity (Wildman–Crippen MR) is 130 cm³/mol. The van der Waals surface area contributed by atoms with Gasteiger partial charge in [-0.3, -0.25) is 9.59 Å². The number of aryl methyl sites for hydroxylation is 2. The van der Waals surface area contributed by atoms with Crippen molar-refractivity contribution < 1.29 is 14.0 Å². The van der Waals surface area contributed by atoms with E-state index in [1.54, 1.807) is 18.2 Å². The molecule has 0 aliphatic carbocycles. The Morgan fingerprint density at radius 1 is 0.971 bits per heavy atom. The molecule has 1 aromatic heterocycles. The Hall–Kier alpha value is -4.00. The number of amides is 2. The van der Waals surface area contributed by atoms with Gasteiger partial charge in [0.25, 0.3) is 5.91 Å². The van der Waals surface area contributed by atoms with Crippen LogP contribution in [0.2, 0.25) is 0 Å². The molecular weight excluding hydrogens is 431 g/mol. The SMILES string of the molecule is Cc1cccc(C(=O)NCCCc2nc3ccccc3n2CC(=O)NCc2ccc(F)cc2)c1. The van der Waals surface area contributed by atoms with Crippen LogP contribution < -0.4 is 10.6 Å². The molecule has 0 spiro atoms. The normalized spacial score (nSPS) is 10.9. The fraction of sp³-hybridized carbons (Fsp3) is 0.222. The van der Waals surface area contributed by atoms with Crippen LogP contribution in [0.25, 0.3) is 11.0 Å².